The van der Waals surface area contributed by atoms with Gasteiger partial charge < -0.3 is 5.73 Å². The number of unbranched alkanes of at least 4 members (excludes halogenated alkanes) is 2. The Balaban J connectivity index is 2.44. The van der Waals surface area contributed by atoms with Gasteiger partial charge in [0.25, 0.3) is 5.91 Å². The second-order valence-corrected chi connectivity index (χ2v) is 4.05. The maximum Gasteiger partial charge on any atom is 0.260 e. The molecule has 0 saturated heterocycles. The van der Waals surface area contributed by atoms with Crippen LogP contribution in [0.5, 0.6) is 0 Å². The van der Waals surface area contributed by atoms with Crippen molar-refractivity contribution in [3.63, 3.8) is 0 Å². The van der Waals surface area contributed by atoms with Gasteiger partial charge >= 0.3 is 0 Å². The number of rotatable bonds is 5. The van der Waals surface area contributed by atoms with Gasteiger partial charge in [0, 0.05) is 0 Å². The molecule has 0 fully saturated rings. The number of carbonyl (C=O) groups is 1. The predicted octanol–water partition coefficient (Wildman–Crippen LogP) is 1.97. The minimum Gasteiger partial charge on any atom is -0.365 e. The molecule has 0 bridgehead atoms. The summed E-state index contributed by atoms with van der Waals surface area (Å²) in [6.07, 6.45) is 6.09. The minimum absolute atomic E-state index is 0.376. The topological polar surface area (TPSA) is 56.0 Å². The fourth-order valence-electron chi connectivity index (χ4n) is 1.07. The number of amides is 1. The van der Waals surface area contributed by atoms with E-state index in [-0.39, 0.29) is 5.91 Å². The molecule has 0 aromatic carbocycles. The van der Waals surface area contributed by atoms with Gasteiger partial charge in [-0.05, 0) is 12.8 Å². The first-order chi connectivity index (χ1) is 6.24. The van der Waals surface area contributed by atoms with E-state index in [0.29, 0.717) is 4.88 Å². The lowest BCUT2D eigenvalue weighted by molar-refractivity contribution is 0.100. The number of primary amides is 1. The van der Waals surface area contributed by atoms with E-state index in [0.717, 1.165) is 17.8 Å². The highest BCUT2D eigenvalue weighted by Crippen LogP contribution is 2.14. The van der Waals surface area contributed by atoms with Crippen LogP contribution in [0.1, 0.15) is 40.9 Å². The number of thiazole rings is 1. The van der Waals surface area contributed by atoms with Crippen molar-refractivity contribution in [2.24, 2.45) is 5.73 Å². The van der Waals surface area contributed by atoms with Gasteiger partial charge in [-0.15, -0.1) is 11.3 Å². The molecule has 2 N–H and O–H groups in total. The molecule has 0 aliphatic heterocycles. The number of aryl methyl sites for hydroxylation is 1. The fourth-order valence-corrected chi connectivity index (χ4v) is 1.88. The number of hydrogen-bond donors (Lipinski definition) is 1. The molecule has 0 atom stereocenters. The molecule has 0 spiro atoms. The van der Waals surface area contributed by atoms with Crippen molar-refractivity contribution >= 4 is 17.2 Å². The number of nitrogens with zero attached hydrogens (tertiary/aromatic N) is 1. The standard InChI is InChI=1S/C9H14N2OS/c1-2-3-4-5-8-11-6-7(13-8)9(10)12/h6H,2-5H2,1H3,(H2,10,12). The van der Waals surface area contributed by atoms with Crippen molar-refractivity contribution in [1.29, 1.82) is 0 Å². The molecule has 72 valence electrons. The van der Waals surface area contributed by atoms with Crippen LogP contribution in [-0.4, -0.2) is 10.9 Å². The number of nitrogens with two attached hydrogens (primary N) is 1. The Bertz CT molecular complexity index is 283. The van der Waals surface area contributed by atoms with Gasteiger partial charge in [0.2, 0.25) is 0 Å². The molecule has 0 saturated carbocycles. The van der Waals surface area contributed by atoms with Crippen LogP contribution in [0.25, 0.3) is 0 Å². The number of hydrogen-bond acceptors (Lipinski definition) is 3. The first-order valence-corrected chi connectivity index (χ1v) is 5.30. The summed E-state index contributed by atoms with van der Waals surface area (Å²) >= 11 is 1.41. The van der Waals surface area contributed by atoms with Crippen molar-refractivity contribution < 1.29 is 4.79 Å². The van der Waals surface area contributed by atoms with Crippen LogP contribution in [0.3, 0.4) is 0 Å². The maximum absolute atomic E-state index is 10.7. The van der Waals surface area contributed by atoms with Crippen molar-refractivity contribution in [3.8, 4) is 0 Å². The Morgan fingerprint density at radius 3 is 2.92 bits per heavy atom. The molecular weight excluding hydrogens is 184 g/mol. The maximum atomic E-state index is 10.7. The molecule has 13 heavy (non-hydrogen) atoms. The molecule has 0 aliphatic rings. The Kier molecular flexibility index (Phi) is 3.89. The fraction of sp³-hybridized carbons (Fsp3) is 0.556. The van der Waals surface area contributed by atoms with E-state index >= 15 is 0 Å². The van der Waals surface area contributed by atoms with Gasteiger partial charge in [-0.1, -0.05) is 19.8 Å². The summed E-state index contributed by atoms with van der Waals surface area (Å²) in [5.41, 5.74) is 5.11. The second kappa shape index (κ2) is 4.97. The molecule has 0 unspecified atom stereocenters. The Morgan fingerprint density at radius 1 is 1.62 bits per heavy atom. The summed E-state index contributed by atoms with van der Waals surface area (Å²) in [6.45, 7) is 2.16. The summed E-state index contributed by atoms with van der Waals surface area (Å²) in [6, 6.07) is 0. The van der Waals surface area contributed by atoms with Crippen LogP contribution < -0.4 is 5.73 Å². The molecule has 4 heteroatoms. The molecule has 0 aliphatic carbocycles. The zero-order valence-corrected chi connectivity index (χ0v) is 8.56. The van der Waals surface area contributed by atoms with Crippen LogP contribution in [0, 0.1) is 0 Å². The summed E-state index contributed by atoms with van der Waals surface area (Å²) < 4.78 is 0. The van der Waals surface area contributed by atoms with E-state index in [2.05, 4.69) is 11.9 Å². The van der Waals surface area contributed by atoms with E-state index in [1.54, 1.807) is 6.20 Å². The Morgan fingerprint density at radius 2 is 2.38 bits per heavy atom. The highest BCUT2D eigenvalue weighted by Gasteiger charge is 2.05. The molecule has 3 nitrogen and oxygen atoms in total. The van der Waals surface area contributed by atoms with E-state index in [1.165, 1.54) is 24.2 Å². The molecule has 1 amide bonds. The van der Waals surface area contributed by atoms with E-state index in [1.807, 2.05) is 0 Å². The van der Waals surface area contributed by atoms with Gasteiger partial charge in [0.15, 0.2) is 0 Å². The smallest absolute Gasteiger partial charge is 0.260 e. The third-order valence-electron chi connectivity index (χ3n) is 1.79. The highest BCUT2D eigenvalue weighted by molar-refractivity contribution is 7.13. The monoisotopic (exact) mass is 198 g/mol. The van der Waals surface area contributed by atoms with Gasteiger partial charge in [0.05, 0.1) is 11.2 Å². The summed E-state index contributed by atoms with van der Waals surface area (Å²) in [5.74, 6) is -0.376. The van der Waals surface area contributed by atoms with E-state index < -0.39 is 0 Å². The van der Waals surface area contributed by atoms with Crippen LogP contribution in [0.2, 0.25) is 0 Å². The van der Waals surface area contributed by atoms with Crippen molar-refractivity contribution in [2.45, 2.75) is 32.6 Å². The van der Waals surface area contributed by atoms with E-state index in [4.69, 9.17) is 5.73 Å². The lowest BCUT2D eigenvalue weighted by Gasteiger charge is -1.93. The van der Waals surface area contributed by atoms with Gasteiger partial charge in [0.1, 0.15) is 4.88 Å². The van der Waals surface area contributed by atoms with E-state index in [9.17, 15) is 4.79 Å². The lowest BCUT2D eigenvalue weighted by Crippen LogP contribution is -2.08. The molecule has 1 aromatic heterocycles. The molecule has 0 radical (unpaired) electrons. The van der Waals surface area contributed by atoms with Crippen molar-refractivity contribution in [3.05, 3.63) is 16.1 Å². The zero-order chi connectivity index (χ0) is 9.68. The third-order valence-corrected chi connectivity index (χ3v) is 2.86. The highest BCUT2D eigenvalue weighted by atomic mass is 32.1. The summed E-state index contributed by atoms with van der Waals surface area (Å²) in [4.78, 5) is 15.4. The summed E-state index contributed by atoms with van der Waals surface area (Å²) in [7, 11) is 0. The zero-order valence-electron chi connectivity index (χ0n) is 7.75. The van der Waals surface area contributed by atoms with Crippen LogP contribution in [0.4, 0.5) is 0 Å². The number of aromatic nitrogens is 1. The molecule has 1 aromatic rings. The Labute approximate surface area is 82.0 Å². The second-order valence-electron chi connectivity index (χ2n) is 2.94. The molecular formula is C9H14N2OS. The molecule has 1 heterocycles. The summed E-state index contributed by atoms with van der Waals surface area (Å²) in [5, 5.41) is 1.02. The largest absolute Gasteiger partial charge is 0.365 e. The first-order valence-electron chi connectivity index (χ1n) is 4.48. The quantitative estimate of drug-likeness (QED) is 0.735. The number of carbonyl (C=O) groups excluding carboxylic acids is 1. The van der Waals surface area contributed by atoms with Gasteiger partial charge in [-0.2, -0.15) is 0 Å². The average Bonchev–Trinajstić information content (AvgIpc) is 2.53. The normalized spacial score (nSPS) is 10.2. The van der Waals surface area contributed by atoms with Crippen molar-refractivity contribution in [1.82, 2.24) is 4.98 Å². The molecule has 1 rings (SSSR count). The van der Waals surface area contributed by atoms with Gasteiger partial charge in [-0.25, -0.2) is 4.98 Å². The van der Waals surface area contributed by atoms with Crippen LogP contribution in [0.15, 0.2) is 6.20 Å². The minimum atomic E-state index is -0.376. The van der Waals surface area contributed by atoms with Crippen LogP contribution in [-0.2, 0) is 6.42 Å². The average molecular weight is 198 g/mol. The SMILES string of the molecule is CCCCCc1ncc(C(N)=O)s1. The Hall–Kier alpha value is -0.900. The van der Waals surface area contributed by atoms with Gasteiger partial charge in [-0.3, -0.25) is 4.79 Å². The van der Waals surface area contributed by atoms with Crippen molar-refractivity contribution in [2.75, 3.05) is 0 Å². The predicted molar refractivity (Wildman–Crippen MR) is 53.9 cm³/mol. The lowest BCUT2D eigenvalue weighted by atomic mass is 10.2. The third kappa shape index (κ3) is 3.14. The first kappa shape index (κ1) is 10.2. The van der Waals surface area contributed by atoms with Crippen LogP contribution >= 0.6 is 11.3 Å².